The molecule has 5 heteroatoms. The van der Waals surface area contributed by atoms with Crippen LogP contribution in [0.1, 0.15) is 16.7 Å². The average molecular weight is 341 g/mol. The summed E-state index contributed by atoms with van der Waals surface area (Å²) < 4.78 is 5.84. The Morgan fingerprint density at radius 3 is 2.28 bits per heavy atom. The van der Waals surface area contributed by atoms with Gasteiger partial charge in [0.25, 0.3) is 0 Å². The molecule has 25 heavy (non-hydrogen) atoms. The van der Waals surface area contributed by atoms with Gasteiger partial charge < -0.3 is 20.3 Å². The van der Waals surface area contributed by atoms with E-state index in [1.165, 1.54) is 5.56 Å². The number of amides is 2. The summed E-state index contributed by atoms with van der Waals surface area (Å²) in [6.45, 7) is 7.01. The Kier molecular flexibility index (Phi) is 6.28. The fourth-order valence-corrected chi connectivity index (χ4v) is 2.48. The van der Waals surface area contributed by atoms with E-state index in [0.717, 1.165) is 28.3 Å². The zero-order valence-electron chi connectivity index (χ0n) is 15.6. The highest BCUT2D eigenvalue weighted by Crippen LogP contribution is 2.25. The van der Waals surface area contributed by atoms with Gasteiger partial charge in [-0.15, -0.1) is 0 Å². The summed E-state index contributed by atoms with van der Waals surface area (Å²) in [5, 5.41) is 5.62. The van der Waals surface area contributed by atoms with E-state index in [1.54, 1.807) is 0 Å². The van der Waals surface area contributed by atoms with Crippen LogP contribution in [0.2, 0.25) is 0 Å². The molecule has 2 amide bonds. The van der Waals surface area contributed by atoms with Gasteiger partial charge in [0.2, 0.25) is 0 Å². The molecule has 0 atom stereocenters. The Hall–Kier alpha value is -2.69. The van der Waals surface area contributed by atoms with Gasteiger partial charge in [0.05, 0.1) is 6.54 Å². The second-order valence-corrected chi connectivity index (χ2v) is 6.32. The third-order valence-electron chi connectivity index (χ3n) is 4.15. The van der Waals surface area contributed by atoms with Crippen LogP contribution in [0.25, 0.3) is 0 Å². The minimum absolute atomic E-state index is 0.237. The highest BCUT2D eigenvalue weighted by molar-refractivity contribution is 5.89. The average Bonchev–Trinajstić information content (AvgIpc) is 2.58. The molecule has 0 spiro atoms. The Labute approximate surface area is 150 Å². The summed E-state index contributed by atoms with van der Waals surface area (Å²) in [5.41, 5.74) is 5.30. The summed E-state index contributed by atoms with van der Waals surface area (Å²) in [5.74, 6) is 0.904. The lowest BCUT2D eigenvalue weighted by atomic mass is 10.1. The first-order valence-corrected chi connectivity index (χ1v) is 8.40. The van der Waals surface area contributed by atoms with Crippen LogP contribution < -0.4 is 20.3 Å². The molecule has 2 rings (SSSR count). The normalized spacial score (nSPS) is 10.3. The topological polar surface area (TPSA) is 53.6 Å². The smallest absolute Gasteiger partial charge is 0.319 e. The predicted octanol–water partition coefficient (Wildman–Crippen LogP) is 3.88. The van der Waals surface area contributed by atoms with Crippen molar-refractivity contribution in [1.29, 1.82) is 0 Å². The molecule has 134 valence electrons. The van der Waals surface area contributed by atoms with Gasteiger partial charge >= 0.3 is 6.03 Å². The molecular formula is C20H27N3O2. The Morgan fingerprint density at radius 1 is 1.00 bits per heavy atom. The van der Waals surface area contributed by atoms with Crippen LogP contribution >= 0.6 is 0 Å². The van der Waals surface area contributed by atoms with E-state index >= 15 is 0 Å². The molecule has 0 aliphatic rings. The number of nitrogens with one attached hydrogen (secondary N) is 2. The van der Waals surface area contributed by atoms with Crippen LogP contribution in [0.15, 0.2) is 36.4 Å². The lowest BCUT2D eigenvalue weighted by Crippen LogP contribution is -2.32. The molecule has 2 aromatic carbocycles. The van der Waals surface area contributed by atoms with Crippen LogP contribution in [0.3, 0.4) is 0 Å². The first kappa shape index (κ1) is 18.6. The maximum Gasteiger partial charge on any atom is 0.319 e. The van der Waals surface area contributed by atoms with Gasteiger partial charge in [-0.1, -0.05) is 12.1 Å². The third kappa shape index (κ3) is 5.14. The Bertz CT molecular complexity index is 724. The number of hydrogen-bond donors (Lipinski definition) is 2. The third-order valence-corrected chi connectivity index (χ3v) is 4.15. The van der Waals surface area contributed by atoms with Crippen LogP contribution in [0, 0.1) is 20.8 Å². The van der Waals surface area contributed by atoms with Crippen molar-refractivity contribution in [3.8, 4) is 5.75 Å². The van der Waals surface area contributed by atoms with Crippen molar-refractivity contribution >= 4 is 17.4 Å². The van der Waals surface area contributed by atoms with Crippen LogP contribution in [0.5, 0.6) is 5.75 Å². The molecule has 5 nitrogen and oxygen atoms in total. The van der Waals surface area contributed by atoms with E-state index in [9.17, 15) is 4.79 Å². The highest BCUT2D eigenvalue weighted by Gasteiger charge is 2.07. The van der Waals surface area contributed by atoms with Crippen molar-refractivity contribution in [2.45, 2.75) is 20.8 Å². The molecule has 0 heterocycles. The zero-order chi connectivity index (χ0) is 18.4. The number of hydrogen-bond acceptors (Lipinski definition) is 3. The van der Waals surface area contributed by atoms with Gasteiger partial charge in [0.1, 0.15) is 12.4 Å². The van der Waals surface area contributed by atoms with E-state index in [4.69, 9.17) is 4.74 Å². The molecule has 0 radical (unpaired) electrons. The van der Waals surface area contributed by atoms with Crippen LogP contribution in [-0.4, -0.2) is 33.3 Å². The van der Waals surface area contributed by atoms with Gasteiger partial charge in [-0.25, -0.2) is 4.79 Å². The number of ether oxygens (including phenoxy) is 1. The van der Waals surface area contributed by atoms with Crippen molar-refractivity contribution < 1.29 is 9.53 Å². The summed E-state index contributed by atoms with van der Waals surface area (Å²) in [6.07, 6.45) is 0. The molecule has 0 saturated heterocycles. The van der Waals surface area contributed by atoms with E-state index < -0.39 is 0 Å². The lowest BCUT2D eigenvalue weighted by Gasteiger charge is -2.15. The molecule has 0 fully saturated rings. The van der Waals surface area contributed by atoms with Crippen LogP contribution in [-0.2, 0) is 0 Å². The fraction of sp³-hybridized carbons (Fsp3) is 0.350. The first-order chi connectivity index (χ1) is 11.9. The molecule has 2 aromatic rings. The summed E-state index contributed by atoms with van der Waals surface area (Å²) in [6, 6.07) is 11.6. The standard InChI is InChI=1S/C20H27N3O2/c1-14-6-7-15(2)19(16(14)3)25-13-12-21-20(24)22-17-8-10-18(11-9-17)23(4)5/h6-11H,12-13H2,1-5H3,(H2,21,22,24). The number of carbonyl (C=O) groups is 1. The van der Waals surface area contributed by atoms with Crippen molar-refractivity contribution in [2.24, 2.45) is 0 Å². The number of rotatable bonds is 6. The van der Waals surface area contributed by atoms with Crippen LogP contribution in [0.4, 0.5) is 16.2 Å². The minimum atomic E-state index is -0.237. The van der Waals surface area contributed by atoms with Crippen molar-refractivity contribution in [3.63, 3.8) is 0 Å². The summed E-state index contributed by atoms with van der Waals surface area (Å²) in [7, 11) is 3.96. The lowest BCUT2D eigenvalue weighted by molar-refractivity contribution is 0.247. The van der Waals surface area contributed by atoms with Gasteiger partial charge in [0, 0.05) is 25.5 Å². The Morgan fingerprint density at radius 2 is 1.64 bits per heavy atom. The van der Waals surface area contributed by atoms with E-state index in [2.05, 4.69) is 36.6 Å². The monoisotopic (exact) mass is 341 g/mol. The molecule has 0 aliphatic heterocycles. The van der Waals surface area contributed by atoms with E-state index in [-0.39, 0.29) is 6.03 Å². The van der Waals surface area contributed by atoms with E-state index in [0.29, 0.717) is 13.2 Å². The fourth-order valence-electron chi connectivity index (χ4n) is 2.48. The molecule has 0 bridgehead atoms. The molecule has 0 unspecified atom stereocenters. The second kappa shape index (κ2) is 8.42. The molecule has 0 saturated carbocycles. The summed E-state index contributed by atoms with van der Waals surface area (Å²) in [4.78, 5) is 14.0. The molecule has 0 aromatic heterocycles. The zero-order valence-corrected chi connectivity index (χ0v) is 15.6. The number of urea groups is 1. The second-order valence-electron chi connectivity index (χ2n) is 6.32. The minimum Gasteiger partial charge on any atom is -0.491 e. The number of aryl methyl sites for hydroxylation is 2. The van der Waals surface area contributed by atoms with Gasteiger partial charge in [-0.05, 0) is 61.7 Å². The largest absolute Gasteiger partial charge is 0.491 e. The molecule has 0 aliphatic carbocycles. The molecule has 2 N–H and O–H groups in total. The van der Waals surface area contributed by atoms with Crippen molar-refractivity contribution in [1.82, 2.24) is 5.32 Å². The number of benzene rings is 2. The maximum absolute atomic E-state index is 11.9. The quantitative estimate of drug-likeness (QED) is 0.784. The highest BCUT2D eigenvalue weighted by atomic mass is 16.5. The number of carbonyl (C=O) groups excluding carboxylic acids is 1. The summed E-state index contributed by atoms with van der Waals surface area (Å²) >= 11 is 0. The van der Waals surface area contributed by atoms with E-state index in [1.807, 2.05) is 50.2 Å². The SMILES string of the molecule is Cc1ccc(C)c(OCCNC(=O)Nc2ccc(N(C)C)cc2)c1C. The van der Waals surface area contributed by atoms with Gasteiger partial charge in [-0.2, -0.15) is 0 Å². The van der Waals surface area contributed by atoms with Gasteiger partial charge in [0.15, 0.2) is 0 Å². The predicted molar refractivity (Wildman–Crippen MR) is 104 cm³/mol. The first-order valence-electron chi connectivity index (χ1n) is 8.40. The Balaban J connectivity index is 1.78. The molecular weight excluding hydrogens is 314 g/mol. The van der Waals surface area contributed by atoms with Gasteiger partial charge in [-0.3, -0.25) is 0 Å². The maximum atomic E-state index is 11.9. The number of nitrogens with zero attached hydrogens (tertiary/aromatic N) is 1. The van der Waals surface area contributed by atoms with Crippen molar-refractivity contribution in [3.05, 3.63) is 53.1 Å². The number of anilines is 2. The van der Waals surface area contributed by atoms with Crippen molar-refractivity contribution in [2.75, 3.05) is 37.5 Å².